The van der Waals surface area contributed by atoms with Crippen LogP contribution >= 0.6 is 0 Å². The molecule has 1 atom stereocenters. The fourth-order valence-electron chi connectivity index (χ4n) is 3.45. The average molecular weight is 327 g/mol. The molecule has 5 nitrogen and oxygen atoms in total. The number of carbonyl (C=O) groups is 1. The van der Waals surface area contributed by atoms with E-state index in [0.717, 1.165) is 37.1 Å². The lowest BCUT2D eigenvalue weighted by atomic mass is 10.1. The molecule has 0 saturated carbocycles. The molecule has 1 aliphatic heterocycles. The monoisotopic (exact) mass is 327 g/mol. The average Bonchev–Trinajstić information content (AvgIpc) is 2.59. The second-order valence-electron chi connectivity index (χ2n) is 6.54. The van der Waals surface area contributed by atoms with Crippen molar-refractivity contribution in [1.29, 1.82) is 0 Å². The molecular weight excluding hydrogens is 302 g/mol. The normalized spacial score (nSPS) is 18.9. The van der Waals surface area contributed by atoms with Crippen molar-refractivity contribution in [2.24, 2.45) is 0 Å². The standard InChI is InChI=1S/C19H25N3O2/c1-3-21-10-11-22(14(2)13-21)18(23)9-8-16-12-15-6-4-5-7-17(15)20-19(16)24/h4-7,12,14H,3,8-11,13H2,1-2H3,(H,20,24). The van der Waals surface area contributed by atoms with Crippen LogP contribution in [0.4, 0.5) is 0 Å². The van der Waals surface area contributed by atoms with Crippen LogP contribution in [-0.4, -0.2) is 52.9 Å². The minimum Gasteiger partial charge on any atom is -0.337 e. The predicted molar refractivity (Wildman–Crippen MR) is 96.2 cm³/mol. The highest BCUT2D eigenvalue weighted by Crippen LogP contribution is 2.14. The Balaban J connectivity index is 1.66. The molecule has 1 amide bonds. The Bertz CT molecular complexity index is 784. The number of aromatic amines is 1. The third-order valence-corrected chi connectivity index (χ3v) is 4.92. The van der Waals surface area contributed by atoms with E-state index in [2.05, 4.69) is 23.7 Å². The minimum absolute atomic E-state index is 0.0923. The molecule has 24 heavy (non-hydrogen) atoms. The number of hydrogen-bond donors (Lipinski definition) is 1. The van der Waals surface area contributed by atoms with Gasteiger partial charge in [-0.2, -0.15) is 0 Å². The van der Waals surface area contributed by atoms with Crippen molar-refractivity contribution in [3.05, 3.63) is 46.2 Å². The molecule has 0 bridgehead atoms. The fourth-order valence-corrected chi connectivity index (χ4v) is 3.45. The zero-order valence-electron chi connectivity index (χ0n) is 14.4. The van der Waals surface area contributed by atoms with E-state index in [-0.39, 0.29) is 17.5 Å². The number of nitrogens with zero attached hydrogens (tertiary/aromatic N) is 2. The lowest BCUT2D eigenvalue weighted by molar-refractivity contribution is -0.135. The predicted octanol–water partition coefficient (Wildman–Crippen LogP) is 2.01. The van der Waals surface area contributed by atoms with Crippen molar-refractivity contribution in [2.75, 3.05) is 26.2 Å². The van der Waals surface area contributed by atoms with Crippen molar-refractivity contribution in [3.8, 4) is 0 Å². The largest absolute Gasteiger partial charge is 0.337 e. The maximum absolute atomic E-state index is 12.5. The number of benzene rings is 1. The molecule has 0 radical (unpaired) electrons. The molecular formula is C19H25N3O2. The molecule has 5 heteroatoms. The van der Waals surface area contributed by atoms with Gasteiger partial charge in [-0.25, -0.2) is 0 Å². The highest BCUT2D eigenvalue weighted by molar-refractivity contribution is 5.79. The number of piperazine rings is 1. The number of nitrogens with one attached hydrogen (secondary N) is 1. The van der Waals surface area contributed by atoms with E-state index in [1.807, 2.05) is 35.2 Å². The van der Waals surface area contributed by atoms with Crippen molar-refractivity contribution in [3.63, 3.8) is 0 Å². The van der Waals surface area contributed by atoms with E-state index in [4.69, 9.17) is 0 Å². The summed E-state index contributed by atoms with van der Waals surface area (Å²) < 4.78 is 0. The Morgan fingerprint density at radius 2 is 2.08 bits per heavy atom. The number of amides is 1. The molecule has 128 valence electrons. The maximum atomic E-state index is 12.5. The van der Waals surface area contributed by atoms with Crippen LogP contribution < -0.4 is 5.56 Å². The first-order valence-electron chi connectivity index (χ1n) is 8.71. The van der Waals surface area contributed by atoms with Gasteiger partial charge in [0.2, 0.25) is 5.91 Å². The van der Waals surface area contributed by atoms with Crippen molar-refractivity contribution >= 4 is 16.8 Å². The molecule has 1 unspecified atom stereocenters. The van der Waals surface area contributed by atoms with Gasteiger partial charge in [-0.1, -0.05) is 25.1 Å². The number of likely N-dealkylation sites (N-methyl/N-ethyl adjacent to an activating group) is 1. The molecule has 2 aromatic rings. The van der Waals surface area contributed by atoms with Gasteiger partial charge in [-0.05, 0) is 37.4 Å². The maximum Gasteiger partial charge on any atom is 0.251 e. The van der Waals surface area contributed by atoms with Gasteiger partial charge in [-0.3, -0.25) is 14.5 Å². The second-order valence-corrected chi connectivity index (χ2v) is 6.54. The van der Waals surface area contributed by atoms with Crippen LogP contribution in [-0.2, 0) is 11.2 Å². The summed E-state index contributed by atoms with van der Waals surface area (Å²) >= 11 is 0. The first-order chi connectivity index (χ1) is 11.6. The molecule has 2 heterocycles. The Labute approximate surface area is 142 Å². The van der Waals surface area contributed by atoms with E-state index in [1.54, 1.807) is 0 Å². The van der Waals surface area contributed by atoms with Crippen LogP contribution in [0.2, 0.25) is 0 Å². The Morgan fingerprint density at radius 1 is 1.29 bits per heavy atom. The highest BCUT2D eigenvalue weighted by Gasteiger charge is 2.26. The van der Waals surface area contributed by atoms with Crippen LogP contribution in [0.5, 0.6) is 0 Å². The summed E-state index contributed by atoms with van der Waals surface area (Å²) in [5.74, 6) is 0.144. The van der Waals surface area contributed by atoms with Crippen molar-refractivity contribution in [1.82, 2.24) is 14.8 Å². The first kappa shape index (κ1) is 16.7. The molecule has 1 saturated heterocycles. The smallest absolute Gasteiger partial charge is 0.251 e. The van der Waals surface area contributed by atoms with Crippen LogP contribution in [0.25, 0.3) is 10.9 Å². The quantitative estimate of drug-likeness (QED) is 0.935. The third-order valence-electron chi connectivity index (χ3n) is 4.92. The third kappa shape index (κ3) is 3.51. The first-order valence-corrected chi connectivity index (χ1v) is 8.71. The number of carbonyl (C=O) groups excluding carboxylic acids is 1. The second kappa shape index (κ2) is 7.18. The van der Waals surface area contributed by atoms with E-state index in [1.165, 1.54) is 0 Å². The summed E-state index contributed by atoms with van der Waals surface area (Å²) in [7, 11) is 0. The number of para-hydroxylation sites is 1. The molecule has 0 spiro atoms. The number of rotatable bonds is 4. The van der Waals surface area contributed by atoms with Crippen LogP contribution in [0.15, 0.2) is 35.1 Å². The number of pyridine rings is 1. The fraction of sp³-hybridized carbons (Fsp3) is 0.474. The number of aryl methyl sites for hydroxylation is 1. The number of aromatic nitrogens is 1. The summed E-state index contributed by atoms with van der Waals surface area (Å²) in [6.45, 7) is 7.92. The molecule has 0 aliphatic carbocycles. The van der Waals surface area contributed by atoms with Gasteiger partial charge in [0.15, 0.2) is 0 Å². The molecule has 1 fully saturated rings. The van der Waals surface area contributed by atoms with Gasteiger partial charge in [0.25, 0.3) is 5.56 Å². The lowest BCUT2D eigenvalue weighted by Crippen LogP contribution is -2.53. The summed E-state index contributed by atoms with van der Waals surface area (Å²) in [6.07, 6.45) is 0.873. The number of H-pyrrole nitrogens is 1. The van der Waals surface area contributed by atoms with Crippen molar-refractivity contribution in [2.45, 2.75) is 32.7 Å². The molecule has 1 N–H and O–H groups in total. The highest BCUT2D eigenvalue weighted by atomic mass is 16.2. The van der Waals surface area contributed by atoms with Crippen LogP contribution in [0.1, 0.15) is 25.8 Å². The summed E-state index contributed by atoms with van der Waals surface area (Å²) in [5.41, 5.74) is 1.43. The Hall–Kier alpha value is -2.14. The van der Waals surface area contributed by atoms with Gasteiger partial charge < -0.3 is 9.88 Å². The van der Waals surface area contributed by atoms with E-state index in [0.29, 0.717) is 18.4 Å². The minimum atomic E-state index is -0.0923. The van der Waals surface area contributed by atoms with Gasteiger partial charge >= 0.3 is 0 Å². The molecule has 1 aromatic carbocycles. The molecule has 1 aromatic heterocycles. The van der Waals surface area contributed by atoms with E-state index in [9.17, 15) is 9.59 Å². The Kier molecular flexibility index (Phi) is 5.00. The van der Waals surface area contributed by atoms with Crippen LogP contribution in [0, 0.1) is 0 Å². The van der Waals surface area contributed by atoms with E-state index >= 15 is 0 Å². The summed E-state index contributed by atoms with van der Waals surface area (Å²) in [6, 6.07) is 9.85. The van der Waals surface area contributed by atoms with E-state index < -0.39 is 0 Å². The molecule has 1 aliphatic rings. The summed E-state index contributed by atoms with van der Waals surface area (Å²) in [4.78, 5) is 31.9. The van der Waals surface area contributed by atoms with Gasteiger partial charge in [0.1, 0.15) is 0 Å². The van der Waals surface area contributed by atoms with Gasteiger partial charge in [0.05, 0.1) is 0 Å². The number of fused-ring (bicyclic) bond motifs is 1. The molecule has 3 rings (SSSR count). The zero-order valence-corrected chi connectivity index (χ0v) is 14.4. The lowest BCUT2D eigenvalue weighted by Gasteiger charge is -2.39. The zero-order chi connectivity index (χ0) is 17.1. The SMILES string of the molecule is CCN1CCN(C(=O)CCc2cc3ccccc3[nH]c2=O)C(C)C1. The van der Waals surface area contributed by atoms with Crippen molar-refractivity contribution < 1.29 is 4.79 Å². The number of hydrogen-bond acceptors (Lipinski definition) is 3. The van der Waals surface area contributed by atoms with Crippen LogP contribution in [0.3, 0.4) is 0 Å². The van der Waals surface area contributed by atoms with Gasteiger partial charge in [-0.15, -0.1) is 0 Å². The van der Waals surface area contributed by atoms with Gasteiger partial charge in [0, 0.05) is 43.2 Å². The Morgan fingerprint density at radius 3 is 2.83 bits per heavy atom. The topological polar surface area (TPSA) is 56.4 Å². The summed E-state index contributed by atoms with van der Waals surface area (Å²) in [5, 5.41) is 1.00.